The van der Waals surface area contributed by atoms with E-state index in [0.29, 0.717) is 43.1 Å². The highest BCUT2D eigenvalue weighted by Crippen LogP contribution is 2.72. The standard InChI is InChI=1S/C44H70O17/c1-19-8-13-43(54-18-19)21(3)44(53)29(61-43)15-26-24-7-6-22-14-23(9-11-41(22,4)25(24)10-12-42(26,44)5)56-40-35(52)37(60-38-34(51)32(49)30(47)20(2)55-38)36(28(17-46)58-40)59-39-33(50)31(48)27(16-45)57-39/h6,19-21,23-40,45-53H,7-18H2,1-5H3. The molecule has 61 heavy (non-hydrogen) atoms. The second-order valence-electron chi connectivity index (χ2n) is 20.7. The van der Waals surface area contributed by atoms with Gasteiger partial charge in [0, 0.05) is 17.8 Å². The zero-order valence-electron chi connectivity index (χ0n) is 36.0. The normalized spacial score (nSPS) is 58.2. The summed E-state index contributed by atoms with van der Waals surface area (Å²) in [6, 6.07) is 0. The molecular weight excluding hydrogens is 800 g/mol. The van der Waals surface area contributed by atoms with Gasteiger partial charge in [-0.05, 0) is 87.4 Å². The van der Waals surface area contributed by atoms with Crippen molar-refractivity contribution in [2.45, 2.75) is 202 Å². The SMILES string of the molecule is CC1CCC2(OC1)OC1CC3C4CC=C5CC(OC6OC(CO)C(OC7OC(CO)C(O)C7O)C(OC7OC(C)C(O)C(O)C7O)C6O)CCC5(C)C4CCC3(C)C1(O)C2C. The summed E-state index contributed by atoms with van der Waals surface area (Å²) in [4.78, 5) is 0. The summed E-state index contributed by atoms with van der Waals surface area (Å²) in [5.41, 5.74) is -0.0704. The average Bonchev–Trinajstić information content (AvgIpc) is 3.74. The van der Waals surface area contributed by atoms with E-state index in [1.807, 2.05) is 0 Å². The van der Waals surface area contributed by atoms with Crippen molar-refractivity contribution in [1.29, 1.82) is 0 Å². The number of hydrogen-bond donors (Lipinski definition) is 9. The maximum absolute atomic E-state index is 12.8. The first kappa shape index (κ1) is 45.2. The van der Waals surface area contributed by atoms with Gasteiger partial charge in [-0.3, -0.25) is 0 Å². The molecule has 25 atom stereocenters. The molecule has 5 aliphatic heterocycles. The van der Waals surface area contributed by atoms with E-state index < -0.39 is 111 Å². The van der Waals surface area contributed by atoms with E-state index >= 15 is 0 Å². The molecule has 5 heterocycles. The zero-order chi connectivity index (χ0) is 43.6. The number of hydrogen-bond acceptors (Lipinski definition) is 17. The lowest BCUT2D eigenvalue weighted by Crippen LogP contribution is -2.65. The Morgan fingerprint density at radius 1 is 0.705 bits per heavy atom. The third-order valence-electron chi connectivity index (χ3n) is 17.6. The Balaban J connectivity index is 0.909. The molecule has 3 saturated carbocycles. The third kappa shape index (κ3) is 6.97. The predicted molar refractivity (Wildman–Crippen MR) is 210 cm³/mol. The molecule has 0 bridgehead atoms. The maximum Gasteiger partial charge on any atom is 0.187 e. The van der Waals surface area contributed by atoms with Crippen molar-refractivity contribution < 1.29 is 83.9 Å². The quantitative estimate of drug-likeness (QED) is 0.145. The summed E-state index contributed by atoms with van der Waals surface area (Å²) in [5, 5.41) is 97.8. The van der Waals surface area contributed by atoms with Crippen molar-refractivity contribution in [2.24, 2.45) is 40.4 Å². The molecule has 1 spiro atoms. The fraction of sp³-hybridized carbons (Fsp3) is 0.955. The Bertz CT molecular complexity index is 1610. The third-order valence-corrected chi connectivity index (χ3v) is 17.6. The predicted octanol–water partition coefficient (Wildman–Crippen LogP) is -0.0319. The lowest BCUT2D eigenvalue weighted by atomic mass is 9.46. The van der Waals surface area contributed by atoms with Crippen LogP contribution in [-0.4, -0.2) is 175 Å². The van der Waals surface area contributed by atoms with Crippen LogP contribution in [0.3, 0.4) is 0 Å². The van der Waals surface area contributed by atoms with Gasteiger partial charge in [0.05, 0.1) is 38.1 Å². The lowest BCUT2D eigenvalue weighted by molar-refractivity contribution is -0.376. The van der Waals surface area contributed by atoms with Gasteiger partial charge >= 0.3 is 0 Å². The molecule has 0 aromatic rings. The van der Waals surface area contributed by atoms with Gasteiger partial charge in [0.2, 0.25) is 0 Å². The number of allylic oxidation sites excluding steroid dienone is 1. The molecule has 9 N–H and O–H groups in total. The van der Waals surface area contributed by atoms with Crippen molar-refractivity contribution in [3.05, 3.63) is 11.6 Å². The number of aliphatic hydroxyl groups is 9. The van der Waals surface area contributed by atoms with Crippen LogP contribution in [0.4, 0.5) is 0 Å². The molecule has 348 valence electrons. The minimum Gasteiger partial charge on any atom is -0.394 e. The van der Waals surface area contributed by atoms with E-state index in [-0.39, 0.29) is 29.0 Å². The Labute approximate surface area is 357 Å². The summed E-state index contributed by atoms with van der Waals surface area (Å²) in [7, 11) is 0. The van der Waals surface area contributed by atoms with Crippen molar-refractivity contribution in [2.75, 3.05) is 19.8 Å². The minimum absolute atomic E-state index is 0.0966. The van der Waals surface area contributed by atoms with Crippen LogP contribution < -0.4 is 0 Å². The monoisotopic (exact) mass is 870 g/mol. The molecule has 4 aliphatic carbocycles. The fourth-order valence-electron chi connectivity index (χ4n) is 13.8. The van der Waals surface area contributed by atoms with Crippen LogP contribution in [0.15, 0.2) is 11.6 Å². The molecule has 17 nitrogen and oxygen atoms in total. The number of aliphatic hydroxyl groups excluding tert-OH is 8. The van der Waals surface area contributed by atoms with Gasteiger partial charge < -0.3 is 83.9 Å². The maximum atomic E-state index is 12.8. The molecule has 17 heteroatoms. The number of rotatable bonds is 8. The molecular formula is C44H70O17. The van der Waals surface area contributed by atoms with Gasteiger partial charge in [-0.15, -0.1) is 0 Å². The van der Waals surface area contributed by atoms with E-state index in [0.717, 1.165) is 44.9 Å². The molecule has 0 aromatic carbocycles. The van der Waals surface area contributed by atoms with Crippen LogP contribution in [0.25, 0.3) is 0 Å². The van der Waals surface area contributed by atoms with E-state index in [1.54, 1.807) is 0 Å². The fourth-order valence-corrected chi connectivity index (χ4v) is 13.8. The Hall–Kier alpha value is -0.940. The van der Waals surface area contributed by atoms with Crippen LogP contribution in [0.1, 0.15) is 92.4 Å². The van der Waals surface area contributed by atoms with Gasteiger partial charge in [0.25, 0.3) is 0 Å². The van der Waals surface area contributed by atoms with E-state index in [4.69, 9.17) is 37.9 Å². The van der Waals surface area contributed by atoms with Crippen LogP contribution in [0, 0.1) is 40.4 Å². The van der Waals surface area contributed by atoms with Crippen LogP contribution in [-0.2, 0) is 37.9 Å². The highest BCUT2D eigenvalue weighted by Gasteiger charge is 2.76. The Morgan fingerprint density at radius 2 is 1.38 bits per heavy atom. The largest absolute Gasteiger partial charge is 0.394 e. The van der Waals surface area contributed by atoms with Gasteiger partial charge in [-0.1, -0.05) is 39.3 Å². The van der Waals surface area contributed by atoms with Crippen LogP contribution >= 0.6 is 0 Å². The molecule has 0 aromatic heterocycles. The van der Waals surface area contributed by atoms with Gasteiger partial charge in [0.1, 0.15) is 66.6 Å². The Morgan fingerprint density at radius 3 is 2.07 bits per heavy atom. The molecule has 5 saturated heterocycles. The summed E-state index contributed by atoms with van der Waals surface area (Å²) < 4.78 is 49.4. The molecule has 9 aliphatic rings. The Kier molecular flexibility index (Phi) is 12.2. The van der Waals surface area contributed by atoms with Crippen molar-refractivity contribution in [3.63, 3.8) is 0 Å². The number of ether oxygens (including phenoxy) is 8. The molecule has 0 amide bonds. The van der Waals surface area contributed by atoms with Gasteiger partial charge in [-0.2, -0.15) is 0 Å². The zero-order valence-corrected chi connectivity index (χ0v) is 36.0. The van der Waals surface area contributed by atoms with E-state index in [9.17, 15) is 46.0 Å². The van der Waals surface area contributed by atoms with Crippen LogP contribution in [0.2, 0.25) is 0 Å². The van der Waals surface area contributed by atoms with Gasteiger partial charge in [-0.25, -0.2) is 0 Å². The van der Waals surface area contributed by atoms with Crippen molar-refractivity contribution in [1.82, 2.24) is 0 Å². The number of fused-ring (bicyclic) bond motifs is 7. The smallest absolute Gasteiger partial charge is 0.187 e. The van der Waals surface area contributed by atoms with Gasteiger partial charge in [0.15, 0.2) is 24.7 Å². The first-order valence-corrected chi connectivity index (χ1v) is 22.9. The van der Waals surface area contributed by atoms with E-state index in [2.05, 4.69) is 33.8 Å². The molecule has 25 unspecified atom stereocenters. The topological polar surface area (TPSA) is 256 Å². The molecule has 0 radical (unpaired) electrons. The summed E-state index contributed by atoms with van der Waals surface area (Å²) >= 11 is 0. The molecule has 9 rings (SSSR count). The van der Waals surface area contributed by atoms with Crippen molar-refractivity contribution >= 4 is 0 Å². The summed E-state index contributed by atoms with van der Waals surface area (Å²) in [6.45, 7) is 9.86. The first-order chi connectivity index (χ1) is 28.9. The average molecular weight is 871 g/mol. The van der Waals surface area contributed by atoms with Crippen molar-refractivity contribution in [3.8, 4) is 0 Å². The summed E-state index contributed by atoms with van der Waals surface area (Å²) in [6.07, 6.45) is -11.1. The first-order valence-electron chi connectivity index (χ1n) is 22.9. The highest BCUT2D eigenvalue weighted by molar-refractivity contribution is 5.29. The highest BCUT2D eigenvalue weighted by atomic mass is 16.8. The summed E-state index contributed by atoms with van der Waals surface area (Å²) in [5.74, 6) is 0.726. The lowest BCUT2D eigenvalue weighted by Gasteiger charge is -2.60. The van der Waals surface area contributed by atoms with E-state index in [1.165, 1.54) is 12.5 Å². The van der Waals surface area contributed by atoms with Crippen LogP contribution in [0.5, 0.6) is 0 Å². The second kappa shape index (κ2) is 16.4. The molecule has 8 fully saturated rings. The second-order valence-corrected chi connectivity index (χ2v) is 20.7. The minimum atomic E-state index is -1.74.